The average molecular weight is 1780 g/mol. The van der Waals surface area contributed by atoms with Crippen LogP contribution in [0.15, 0.2) is 55.4 Å². The quantitative estimate of drug-likeness (QED) is 0.0142. The number of thioether (sulfide) groups is 1. The second-order valence-corrected chi connectivity index (χ2v) is 31.6. The van der Waals surface area contributed by atoms with E-state index in [1.807, 2.05) is 13.8 Å². The number of guanidine groups is 1. The number of imidazole rings is 2. The Balaban J connectivity index is 1.71. The van der Waals surface area contributed by atoms with Gasteiger partial charge in [0.05, 0.1) is 69.4 Å². The molecule has 0 aliphatic carbocycles. The van der Waals surface area contributed by atoms with Gasteiger partial charge in [0.25, 0.3) is 0 Å². The van der Waals surface area contributed by atoms with Crippen molar-refractivity contribution < 1.29 is 107 Å². The number of carbonyl (C=O) groups excluding carboxylic acids is 15. The van der Waals surface area contributed by atoms with Gasteiger partial charge < -0.3 is 138 Å². The molecule has 696 valence electrons. The number of unbranched alkanes of at least 4 members (excludes halogenated alkanes) is 1. The third kappa shape index (κ3) is 39.2. The van der Waals surface area contributed by atoms with Crippen LogP contribution in [-0.4, -0.2) is 295 Å². The third-order valence-corrected chi connectivity index (χ3v) is 20.4. The number of rotatable bonds is 60. The van der Waals surface area contributed by atoms with Crippen molar-refractivity contribution in [2.45, 2.75) is 223 Å². The molecule has 46 nitrogen and oxygen atoms in total. The number of nitrogens with one attached hydrogen (secondary N) is 19. The van der Waals surface area contributed by atoms with Gasteiger partial charge in [0.1, 0.15) is 78.5 Å². The highest BCUT2D eigenvalue weighted by Gasteiger charge is 2.40. The van der Waals surface area contributed by atoms with Crippen LogP contribution in [0.4, 0.5) is 0 Å². The lowest BCUT2D eigenvalue weighted by atomic mass is 9.96. The standard InChI is InChI=1S/C78H126N24O22S/c1-10-42(7)62(101-72(118)52(29-46-32-84-39-89-46)94-70(116)51(28-45-31-83-38-88-45)93-64(110)47(80)26-40(3)4)75(121)95-53(30-60(108)109)71(117)97-57(37-105)73(119)102-63(43(8)11-2)76(122)99-56(36-104)66(112)87-34-59(107)100-61(41(5)6)74(120)98-55(35-103)65(111)86-33-58(106)90-48(20-15-16-23-79)67(113)91-49(21-17-24-85-78(81)82)68(114)92-50(22-25-125-9)69(115)96-54(77(123)124)27-44-18-13-12-14-19-44/h12-14,18-19,31-32,38-43,47-57,61-63,103-105H,10-11,15-17,20-30,33-37,79-80H2,1-9H3,(H,83,88)(H,84,89)(H,86,111)(H,87,112)(H,90,106)(H,91,113)(H,92,114)(H,93,110)(H,94,116)(H,95,121)(H,96,115)(H,97,117)(H,98,120)(H,99,122)(H,100,107)(H,101,118)(H,102,119)(H,108,109)(H,123,124)(H4,81,82,85)/t42-,43-,47-,48-,49-,50-,51-,52-,53-,54-,55-,56-,57-,61-,62-,63-/m0/s1. The van der Waals surface area contributed by atoms with E-state index in [1.165, 1.54) is 57.6 Å². The molecule has 3 aromatic rings. The van der Waals surface area contributed by atoms with E-state index >= 15 is 0 Å². The smallest absolute Gasteiger partial charge is 0.326 e. The topological polar surface area (TPSA) is 743 Å². The number of aromatic nitrogens is 4. The van der Waals surface area contributed by atoms with Crippen LogP contribution in [-0.2, 0) is 101 Å². The molecule has 0 saturated heterocycles. The highest BCUT2D eigenvalue weighted by molar-refractivity contribution is 7.98. The maximum Gasteiger partial charge on any atom is 0.326 e. The van der Waals surface area contributed by atoms with Crippen LogP contribution in [0.5, 0.6) is 0 Å². The Hall–Kier alpha value is -12.0. The summed E-state index contributed by atoms with van der Waals surface area (Å²) in [7, 11) is 0. The fraction of sp³-hybridized carbons (Fsp3) is 0.615. The maximum absolute atomic E-state index is 14.4. The van der Waals surface area contributed by atoms with Crippen LogP contribution in [0, 0.1) is 29.1 Å². The summed E-state index contributed by atoms with van der Waals surface area (Å²) in [6.45, 7) is 8.08. The molecule has 0 bridgehead atoms. The largest absolute Gasteiger partial charge is 0.481 e. The lowest BCUT2D eigenvalue weighted by molar-refractivity contribution is -0.142. The highest BCUT2D eigenvalue weighted by atomic mass is 32.2. The molecule has 1 aromatic carbocycles. The fourth-order valence-corrected chi connectivity index (χ4v) is 12.7. The number of benzene rings is 1. The Labute approximate surface area is 727 Å². The van der Waals surface area contributed by atoms with Crippen LogP contribution in [0.2, 0.25) is 0 Å². The number of aliphatic hydroxyl groups is 3. The van der Waals surface area contributed by atoms with Gasteiger partial charge in [-0.3, -0.25) is 82.1 Å². The number of carboxylic acids is 2. The molecule has 0 radical (unpaired) electrons. The minimum Gasteiger partial charge on any atom is -0.481 e. The minimum atomic E-state index is -2.02. The van der Waals surface area contributed by atoms with Crippen molar-refractivity contribution in [3.05, 3.63) is 72.3 Å². The molecule has 15 amide bonds. The second-order valence-electron chi connectivity index (χ2n) is 30.6. The van der Waals surface area contributed by atoms with E-state index in [1.54, 1.807) is 57.4 Å². The van der Waals surface area contributed by atoms with Crippen LogP contribution in [0.1, 0.15) is 137 Å². The maximum atomic E-state index is 14.4. The van der Waals surface area contributed by atoms with Crippen molar-refractivity contribution in [1.29, 1.82) is 5.41 Å². The first-order chi connectivity index (χ1) is 59.2. The predicted molar refractivity (Wildman–Crippen MR) is 453 cm³/mol. The molecule has 0 aliphatic heterocycles. The predicted octanol–water partition coefficient (Wildman–Crippen LogP) is -7.50. The van der Waals surface area contributed by atoms with Crippen LogP contribution in [0.25, 0.3) is 0 Å². The first-order valence-corrected chi connectivity index (χ1v) is 42.4. The lowest BCUT2D eigenvalue weighted by Crippen LogP contribution is -2.62. The molecule has 0 fully saturated rings. The Morgan fingerprint density at radius 2 is 0.856 bits per heavy atom. The number of hydrogen-bond donors (Lipinski definition) is 27. The summed E-state index contributed by atoms with van der Waals surface area (Å²) in [4.78, 5) is 246. The van der Waals surface area contributed by atoms with Gasteiger partial charge in [-0.05, 0) is 92.7 Å². The molecule has 30 N–H and O–H groups in total. The Bertz CT molecular complexity index is 4020. The van der Waals surface area contributed by atoms with E-state index in [4.69, 9.17) is 22.6 Å². The Morgan fingerprint density at radius 1 is 0.456 bits per heavy atom. The van der Waals surface area contributed by atoms with E-state index < -0.39 is 242 Å². The Kier molecular flexibility index (Phi) is 48.7. The number of nitrogens with two attached hydrogens (primary N) is 3. The number of aromatic amines is 2. The van der Waals surface area contributed by atoms with Gasteiger partial charge in [-0.25, -0.2) is 14.8 Å². The number of carboxylic acid groups (broad SMARTS) is 2. The van der Waals surface area contributed by atoms with Crippen molar-refractivity contribution in [1.82, 2.24) is 105 Å². The van der Waals surface area contributed by atoms with Crippen molar-refractivity contribution >= 4 is 118 Å². The van der Waals surface area contributed by atoms with E-state index in [0.29, 0.717) is 23.4 Å². The van der Waals surface area contributed by atoms with Crippen LogP contribution < -0.4 is 102 Å². The highest BCUT2D eigenvalue weighted by Crippen LogP contribution is 2.16. The second kappa shape index (κ2) is 56.7. The zero-order chi connectivity index (χ0) is 93.6. The number of H-pyrrole nitrogens is 2. The van der Waals surface area contributed by atoms with Gasteiger partial charge in [-0.15, -0.1) is 0 Å². The first kappa shape index (κ1) is 107. The molecule has 16 atom stereocenters. The zero-order valence-corrected chi connectivity index (χ0v) is 72.5. The van der Waals surface area contributed by atoms with E-state index in [9.17, 15) is 107 Å². The number of carbonyl (C=O) groups is 17. The van der Waals surface area contributed by atoms with Gasteiger partial charge in [0, 0.05) is 38.2 Å². The van der Waals surface area contributed by atoms with Crippen molar-refractivity contribution in [2.75, 3.05) is 58.0 Å². The summed E-state index contributed by atoms with van der Waals surface area (Å²) < 4.78 is 0. The van der Waals surface area contributed by atoms with E-state index in [-0.39, 0.29) is 101 Å². The summed E-state index contributed by atoms with van der Waals surface area (Å²) in [6.07, 6.45) is 7.01. The first-order valence-electron chi connectivity index (χ1n) is 41.0. The summed E-state index contributed by atoms with van der Waals surface area (Å²) in [5.74, 6) is -20.5. The molecular weight excluding hydrogens is 1660 g/mol. The van der Waals surface area contributed by atoms with Crippen molar-refractivity contribution in [3.63, 3.8) is 0 Å². The summed E-state index contributed by atoms with van der Waals surface area (Å²) >= 11 is 1.34. The molecule has 47 heteroatoms. The number of aliphatic carboxylic acids is 2. The molecule has 0 aliphatic rings. The number of hydrogen-bond acceptors (Lipinski definition) is 26. The SMILES string of the molecule is CC[C@H](C)[C@H](NC(=O)[C@H](CO)NC(=O)[C@H](CC(=O)O)NC(=O)[C@@H](NC(=O)[C@H](Cc1c[nH]cn1)NC(=O)[C@H](Cc1c[nH]cn1)NC(=O)[C@@H](N)CC(C)C)[C@@H](C)CC)C(=O)N[C@@H](CO)C(=O)NCC(=O)N[C@H](C(=O)N[C@@H](CO)C(=O)NCC(=O)N[C@@H](CCCCN)C(=O)N[C@@H](CCCNC(=N)N)C(=O)N[C@@H](CCSC)C(=O)N[C@@H](Cc1ccccc1)C(=O)O)C(C)C. The van der Waals surface area contributed by atoms with Crippen molar-refractivity contribution in [2.24, 2.45) is 40.9 Å². The van der Waals surface area contributed by atoms with Gasteiger partial charge in [-0.1, -0.05) is 98.6 Å². The molecule has 0 spiro atoms. The number of aliphatic hydroxyl groups excluding tert-OH is 3. The monoisotopic (exact) mass is 1780 g/mol. The van der Waals surface area contributed by atoms with Crippen LogP contribution >= 0.6 is 11.8 Å². The van der Waals surface area contributed by atoms with Crippen molar-refractivity contribution in [3.8, 4) is 0 Å². The molecule has 0 saturated carbocycles. The zero-order valence-electron chi connectivity index (χ0n) is 71.6. The van der Waals surface area contributed by atoms with Gasteiger partial charge in [0.15, 0.2) is 5.96 Å². The molecule has 125 heavy (non-hydrogen) atoms. The van der Waals surface area contributed by atoms with Gasteiger partial charge >= 0.3 is 11.9 Å². The molecule has 3 rings (SSSR count). The fourth-order valence-electron chi connectivity index (χ4n) is 12.3. The molecule has 2 heterocycles. The van der Waals surface area contributed by atoms with Gasteiger partial charge in [0.2, 0.25) is 88.6 Å². The average Bonchev–Trinajstić information content (AvgIpc) is 1.83. The molecule has 0 unspecified atom stereocenters. The summed E-state index contributed by atoms with van der Waals surface area (Å²) in [5.41, 5.74) is 18.6. The number of nitrogens with zero attached hydrogens (tertiary/aromatic N) is 2. The molecule has 2 aromatic heterocycles. The minimum absolute atomic E-state index is 0.0148. The van der Waals surface area contributed by atoms with Gasteiger partial charge in [-0.2, -0.15) is 11.8 Å². The lowest BCUT2D eigenvalue weighted by Gasteiger charge is -2.29. The normalized spacial score (nSPS) is 15.0. The van der Waals surface area contributed by atoms with E-state index in [0.717, 1.165) is 0 Å². The van der Waals surface area contributed by atoms with Crippen LogP contribution in [0.3, 0.4) is 0 Å². The summed E-state index contributed by atoms with van der Waals surface area (Å²) in [6, 6.07) is -13.0. The Morgan fingerprint density at radius 3 is 1.30 bits per heavy atom. The third-order valence-electron chi connectivity index (χ3n) is 19.8. The summed E-state index contributed by atoms with van der Waals surface area (Å²) in [5, 5.41) is 97.5. The molecular formula is C78H126N24O22S. The van der Waals surface area contributed by atoms with E-state index in [2.05, 4.69) is 105 Å². The number of amides is 15.